The van der Waals surface area contributed by atoms with Crippen molar-refractivity contribution >= 4 is 17.7 Å². The van der Waals surface area contributed by atoms with Gasteiger partial charge in [-0.2, -0.15) is 5.01 Å². The highest BCUT2D eigenvalue weighted by Crippen LogP contribution is 2.44. The van der Waals surface area contributed by atoms with Crippen molar-refractivity contribution in [2.24, 2.45) is 4.99 Å². The van der Waals surface area contributed by atoms with Gasteiger partial charge in [0.15, 0.2) is 0 Å². The molecule has 0 amide bonds. The number of nitrogens with one attached hydrogen (secondary N) is 2. The summed E-state index contributed by atoms with van der Waals surface area (Å²) in [4.78, 5) is 7.08. The molecule has 2 aliphatic heterocycles. The van der Waals surface area contributed by atoms with Crippen LogP contribution in [0.1, 0.15) is 39.7 Å². The Kier molecular flexibility index (Phi) is 9.85. The first-order valence-electron chi connectivity index (χ1n) is 12.6. The molecule has 3 rings (SSSR count). The monoisotopic (exact) mass is 533 g/mol. The summed E-state index contributed by atoms with van der Waals surface area (Å²) in [5.41, 5.74) is 6.31. The van der Waals surface area contributed by atoms with E-state index in [1.165, 1.54) is 11.8 Å². The van der Waals surface area contributed by atoms with Crippen LogP contribution in [0.15, 0.2) is 118 Å². The number of methoxy groups -OCH3 is 1. The summed E-state index contributed by atoms with van der Waals surface area (Å²) < 4.78 is 5.69. The summed E-state index contributed by atoms with van der Waals surface area (Å²) in [7, 11) is 1.62. The zero-order chi connectivity index (χ0) is 27.9. The minimum atomic E-state index is -1.41. The fourth-order valence-corrected chi connectivity index (χ4v) is 5.12. The van der Waals surface area contributed by atoms with Crippen molar-refractivity contribution in [3.63, 3.8) is 0 Å². The highest BCUT2D eigenvalue weighted by molar-refractivity contribution is 8.05. The minimum Gasteiger partial charge on any atom is -0.496 e. The number of hydrogen-bond acceptors (Lipinski definition) is 8. The van der Waals surface area contributed by atoms with Crippen LogP contribution in [0.5, 0.6) is 0 Å². The average molecular weight is 534 g/mol. The van der Waals surface area contributed by atoms with Crippen LogP contribution in [0.4, 0.5) is 0 Å². The third-order valence-electron chi connectivity index (χ3n) is 6.53. The van der Waals surface area contributed by atoms with Crippen LogP contribution >= 0.6 is 11.8 Å². The van der Waals surface area contributed by atoms with Gasteiger partial charge in [-0.05, 0) is 36.8 Å². The van der Waals surface area contributed by atoms with Crippen molar-refractivity contribution in [2.75, 3.05) is 20.3 Å². The van der Waals surface area contributed by atoms with Gasteiger partial charge in [0.25, 0.3) is 0 Å². The zero-order valence-corrected chi connectivity index (χ0v) is 23.9. The number of aliphatic imine (C=N–C) groups is 1. The van der Waals surface area contributed by atoms with E-state index in [0.29, 0.717) is 41.1 Å². The lowest BCUT2D eigenvalue weighted by atomic mass is 9.84. The normalized spacial score (nSPS) is 18.2. The van der Waals surface area contributed by atoms with Crippen molar-refractivity contribution in [1.29, 1.82) is 0 Å². The maximum atomic E-state index is 12.3. The smallest absolute Gasteiger partial charge is 0.212 e. The first kappa shape index (κ1) is 29.1. The topological polar surface area (TPSA) is 72.4 Å². The van der Waals surface area contributed by atoms with E-state index in [4.69, 9.17) is 4.74 Å². The molecule has 8 heteroatoms. The van der Waals surface area contributed by atoms with E-state index < -0.39 is 5.60 Å². The quantitative estimate of drug-likeness (QED) is 0.330. The van der Waals surface area contributed by atoms with Crippen LogP contribution in [0, 0.1) is 0 Å². The van der Waals surface area contributed by atoms with Crippen LogP contribution in [0.3, 0.4) is 0 Å². The minimum absolute atomic E-state index is 0.566. The molecule has 0 radical (unpaired) electrons. The third kappa shape index (κ3) is 5.99. The van der Waals surface area contributed by atoms with E-state index >= 15 is 0 Å². The van der Waals surface area contributed by atoms with Crippen LogP contribution in [0.2, 0.25) is 0 Å². The molecule has 0 saturated heterocycles. The highest BCUT2D eigenvalue weighted by Gasteiger charge is 2.38. The summed E-state index contributed by atoms with van der Waals surface area (Å²) in [5.74, 6) is 1.26. The number of hydrogen-bond donors (Lipinski definition) is 3. The number of guanidine groups is 1. The molecular formula is C30H39N5O2S. The molecule has 0 saturated carbocycles. The van der Waals surface area contributed by atoms with E-state index in [1.807, 2.05) is 77.8 Å². The Morgan fingerprint density at radius 3 is 2.58 bits per heavy atom. The molecule has 1 unspecified atom stereocenters. The summed E-state index contributed by atoms with van der Waals surface area (Å²) in [5, 5.41) is 19.5. The van der Waals surface area contributed by atoms with Crippen molar-refractivity contribution in [3.05, 3.63) is 118 Å². The molecule has 0 bridgehead atoms. The molecule has 1 aromatic rings. The highest BCUT2D eigenvalue weighted by atomic mass is 32.2. The Bertz CT molecular complexity index is 1230. The molecule has 1 aromatic carbocycles. The second-order valence-corrected chi connectivity index (χ2v) is 9.85. The van der Waals surface area contributed by atoms with Gasteiger partial charge >= 0.3 is 0 Å². The van der Waals surface area contributed by atoms with Gasteiger partial charge in [-0.15, -0.1) is 0 Å². The first-order chi connectivity index (χ1) is 18.2. The number of hydrazine groups is 1. The van der Waals surface area contributed by atoms with E-state index in [9.17, 15) is 5.11 Å². The molecule has 38 heavy (non-hydrogen) atoms. The lowest BCUT2D eigenvalue weighted by molar-refractivity contribution is 0.122. The largest absolute Gasteiger partial charge is 0.496 e. The van der Waals surface area contributed by atoms with E-state index in [2.05, 4.69) is 49.3 Å². The zero-order valence-electron chi connectivity index (χ0n) is 23.0. The fourth-order valence-electron chi connectivity index (χ4n) is 4.38. The Morgan fingerprint density at radius 1 is 1.29 bits per heavy atom. The molecule has 1 atom stereocenters. The van der Waals surface area contributed by atoms with Gasteiger partial charge in [0.2, 0.25) is 5.96 Å². The molecule has 7 nitrogen and oxygen atoms in total. The second-order valence-electron chi connectivity index (χ2n) is 8.85. The molecule has 202 valence electrons. The fraction of sp³-hybridized carbons (Fsp3) is 0.300. The Hall–Kier alpha value is -3.46. The van der Waals surface area contributed by atoms with E-state index in [1.54, 1.807) is 7.11 Å². The van der Waals surface area contributed by atoms with Crippen molar-refractivity contribution < 1.29 is 9.84 Å². The second kappa shape index (κ2) is 12.9. The van der Waals surface area contributed by atoms with Gasteiger partial charge in [0.1, 0.15) is 18.0 Å². The lowest BCUT2D eigenvalue weighted by Crippen LogP contribution is -2.42. The maximum Gasteiger partial charge on any atom is 0.212 e. The van der Waals surface area contributed by atoms with Gasteiger partial charge in [-0.3, -0.25) is 5.43 Å². The molecule has 0 aliphatic carbocycles. The predicted octanol–water partition coefficient (Wildman–Crippen LogP) is 5.84. The predicted molar refractivity (Wildman–Crippen MR) is 159 cm³/mol. The van der Waals surface area contributed by atoms with Gasteiger partial charge in [0, 0.05) is 40.8 Å². The van der Waals surface area contributed by atoms with Crippen LogP contribution in [-0.2, 0) is 10.3 Å². The van der Waals surface area contributed by atoms with Gasteiger partial charge in [-0.1, -0.05) is 81.8 Å². The van der Waals surface area contributed by atoms with Gasteiger partial charge < -0.3 is 20.1 Å². The molecule has 0 fully saturated rings. The maximum absolute atomic E-state index is 12.3. The van der Waals surface area contributed by atoms with E-state index in [0.717, 1.165) is 29.0 Å². The molecule has 2 aliphatic rings. The number of allylic oxidation sites excluding steroid dienone is 3. The summed E-state index contributed by atoms with van der Waals surface area (Å²) in [6, 6.07) is 9.63. The number of nitrogens with zero attached hydrogens (tertiary/aromatic N) is 3. The number of rotatable bonds is 11. The SMILES string of the molecule is C=C(NC1=NCN(CC)N1)C1=CN(/C(CC)=C(\C)C(O)(C(=C)S/C=C\C)c2ccccc2)C(=C)C=C1OC. The third-order valence-corrected chi connectivity index (χ3v) is 7.52. The van der Waals surface area contributed by atoms with Crippen LogP contribution in [0.25, 0.3) is 0 Å². The molecule has 0 aromatic heterocycles. The molecule has 0 spiro atoms. The number of aliphatic hydroxyl groups is 1. The van der Waals surface area contributed by atoms with Crippen LogP contribution in [-0.4, -0.2) is 41.3 Å². The Morgan fingerprint density at radius 2 is 2.00 bits per heavy atom. The molecule has 2 heterocycles. The number of thioether (sulfide) groups is 1. The van der Waals surface area contributed by atoms with Crippen molar-refractivity contribution in [1.82, 2.24) is 20.7 Å². The molecular weight excluding hydrogens is 494 g/mol. The lowest BCUT2D eigenvalue weighted by Gasteiger charge is -2.37. The summed E-state index contributed by atoms with van der Waals surface area (Å²) in [6.07, 6.45) is 6.39. The average Bonchev–Trinajstić information content (AvgIpc) is 3.39. The Labute approximate surface area is 231 Å². The van der Waals surface area contributed by atoms with Gasteiger partial charge in [0.05, 0.1) is 12.7 Å². The van der Waals surface area contributed by atoms with Crippen LogP contribution < -0.4 is 10.7 Å². The number of benzene rings is 1. The van der Waals surface area contributed by atoms with Crippen molar-refractivity contribution in [3.8, 4) is 0 Å². The standard InChI is InChI=1S/C30H39N5O2S/c1-9-17-38-24(7)30(36,25-15-13-12-14-16-25)22(5)27(10-2)35-19-26(28(37-8)18-21(35)4)23(6)32-29-31-20-34(11-3)33-29/h9,12-19,36H,4,6-7,10-11,20H2,1-3,5,8H3,(H2,31,32,33)/b17-9-,27-22+. The van der Waals surface area contributed by atoms with Gasteiger partial charge in [-0.25, -0.2) is 4.99 Å². The van der Waals surface area contributed by atoms with Crippen molar-refractivity contribution in [2.45, 2.75) is 39.7 Å². The first-order valence-corrected chi connectivity index (χ1v) is 13.5. The van der Waals surface area contributed by atoms with E-state index in [-0.39, 0.29) is 0 Å². The Balaban J connectivity index is 2.07. The summed E-state index contributed by atoms with van der Waals surface area (Å²) in [6.45, 7) is 22.2. The number of ether oxygens (including phenoxy) is 1. The summed E-state index contributed by atoms with van der Waals surface area (Å²) >= 11 is 1.42. The molecule has 3 N–H and O–H groups in total.